The van der Waals surface area contributed by atoms with Gasteiger partial charge < -0.3 is 4.74 Å². The van der Waals surface area contributed by atoms with E-state index in [0.29, 0.717) is 17.0 Å². The van der Waals surface area contributed by atoms with Crippen molar-refractivity contribution in [1.82, 2.24) is 8.87 Å². The van der Waals surface area contributed by atoms with Crippen molar-refractivity contribution in [3.63, 3.8) is 0 Å². The highest BCUT2D eigenvalue weighted by Gasteiger charge is 2.22. The molecular formula is C21H24N2O3S. The number of aryl methyl sites for hydroxylation is 1. The highest BCUT2D eigenvalue weighted by Crippen LogP contribution is 2.33. The first-order valence-corrected chi connectivity index (χ1v) is 10.7. The number of rotatable bonds is 4. The molecule has 0 saturated heterocycles. The highest BCUT2D eigenvalue weighted by atomic mass is 32.2. The normalized spacial score (nSPS) is 15.3. The molecule has 142 valence electrons. The Labute approximate surface area is 160 Å². The molecule has 0 aliphatic carbocycles. The molecule has 4 rings (SSSR count). The van der Waals surface area contributed by atoms with Crippen LogP contribution in [-0.2, 0) is 23.0 Å². The topological polar surface area (TPSA) is 51.5 Å². The van der Waals surface area contributed by atoms with Crippen LogP contribution in [0.1, 0.15) is 24.5 Å². The van der Waals surface area contributed by atoms with Crippen LogP contribution in [0.4, 0.5) is 0 Å². The molecule has 0 N–H and O–H groups in total. The average molecular weight is 385 g/mol. The Morgan fingerprint density at radius 2 is 1.85 bits per heavy atom. The van der Waals surface area contributed by atoms with Gasteiger partial charge in [-0.2, -0.15) is 0 Å². The molecule has 0 spiro atoms. The molecule has 1 aliphatic heterocycles. The highest BCUT2D eigenvalue weighted by molar-refractivity contribution is 7.90. The third-order valence-electron chi connectivity index (χ3n) is 5.08. The summed E-state index contributed by atoms with van der Waals surface area (Å²) in [5, 5.41) is 0.924. The van der Waals surface area contributed by atoms with E-state index in [-0.39, 0.29) is 0 Å². The lowest BCUT2D eigenvalue weighted by atomic mass is 10.1. The fourth-order valence-corrected chi connectivity index (χ4v) is 4.98. The molecule has 1 aliphatic rings. The molecule has 0 atom stereocenters. The maximum atomic E-state index is 13.2. The van der Waals surface area contributed by atoms with Gasteiger partial charge in [0.25, 0.3) is 10.0 Å². The van der Waals surface area contributed by atoms with Gasteiger partial charge in [0, 0.05) is 30.2 Å². The van der Waals surface area contributed by atoms with Gasteiger partial charge in [-0.05, 0) is 49.4 Å². The number of likely N-dealkylation sites (N-methyl/N-ethyl adjacent to an activating group) is 1. The van der Waals surface area contributed by atoms with Crippen LogP contribution in [0.25, 0.3) is 10.9 Å². The largest absolute Gasteiger partial charge is 0.492 e. The molecular weight excluding hydrogens is 360 g/mol. The van der Waals surface area contributed by atoms with Crippen molar-refractivity contribution in [1.29, 1.82) is 0 Å². The molecule has 1 aromatic heterocycles. The molecule has 0 amide bonds. The zero-order chi connectivity index (χ0) is 19.0. The SMILES string of the molecule is CCCc1ccc(S(=O)(=O)n2ccc3c4c(ccc32)OCCN(C)C4)cc1. The summed E-state index contributed by atoms with van der Waals surface area (Å²) >= 11 is 0. The van der Waals surface area contributed by atoms with Crippen LogP contribution in [0, 0.1) is 0 Å². The first kappa shape index (κ1) is 18.1. The van der Waals surface area contributed by atoms with Crippen LogP contribution in [0.5, 0.6) is 5.75 Å². The summed E-state index contributed by atoms with van der Waals surface area (Å²) in [5.41, 5.74) is 2.88. The van der Waals surface area contributed by atoms with Gasteiger partial charge in [0.1, 0.15) is 12.4 Å². The van der Waals surface area contributed by atoms with Crippen LogP contribution in [0.3, 0.4) is 0 Å². The Balaban J connectivity index is 1.80. The minimum Gasteiger partial charge on any atom is -0.492 e. The van der Waals surface area contributed by atoms with E-state index < -0.39 is 10.0 Å². The minimum absolute atomic E-state index is 0.308. The number of aromatic nitrogens is 1. The van der Waals surface area contributed by atoms with Gasteiger partial charge in [0.15, 0.2) is 0 Å². The number of hydrogen-bond donors (Lipinski definition) is 0. The summed E-state index contributed by atoms with van der Waals surface area (Å²) in [6.07, 6.45) is 3.63. The molecule has 27 heavy (non-hydrogen) atoms. The molecule has 0 bridgehead atoms. The van der Waals surface area contributed by atoms with Gasteiger partial charge in [-0.25, -0.2) is 12.4 Å². The third kappa shape index (κ3) is 3.24. The van der Waals surface area contributed by atoms with E-state index in [2.05, 4.69) is 11.8 Å². The molecule has 2 aromatic carbocycles. The Bertz CT molecular complexity index is 1070. The molecule has 5 nitrogen and oxygen atoms in total. The summed E-state index contributed by atoms with van der Waals surface area (Å²) < 4.78 is 33.6. The lowest BCUT2D eigenvalue weighted by Gasteiger charge is -2.13. The summed E-state index contributed by atoms with van der Waals surface area (Å²) in [6, 6.07) is 12.8. The summed E-state index contributed by atoms with van der Waals surface area (Å²) in [5.74, 6) is 0.839. The van der Waals surface area contributed by atoms with Gasteiger partial charge >= 0.3 is 0 Å². The number of hydrogen-bond acceptors (Lipinski definition) is 4. The Morgan fingerprint density at radius 1 is 1.07 bits per heavy atom. The number of ether oxygens (including phenoxy) is 1. The van der Waals surface area contributed by atoms with Crippen LogP contribution in [0.2, 0.25) is 0 Å². The summed E-state index contributed by atoms with van der Waals surface area (Å²) in [6.45, 7) is 4.33. The van der Waals surface area contributed by atoms with Crippen LogP contribution < -0.4 is 4.74 Å². The first-order chi connectivity index (χ1) is 13.0. The quantitative estimate of drug-likeness (QED) is 0.689. The standard InChI is InChI=1S/C21H24N2O3S/c1-3-4-16-5-7-17(8-6-16)27(24,25)23-12-11-18-19-15-22(2)13-14-26-21(19)10-9-20(18)23/h5-12H,3-4,13-15H2,1-2H3. The maximum Gasteiger partial charge on any atom is 0.268 e. The van der Waals surface area contributed by atoms with Crippen molar-refractivity contribution >= 4 is 20.9 Å². The van der Waals surface area contributed by atoms with Crippen molar-refractivity contribution in [2.45, 2.75) is 31.2 Å². The smallest absolute Gasteiger partial charge is 0.268 e. The Kier molecular flexibility index (Phi) is 4.70. The van der Waals surface area contributed by atoms with E-state index in [1.807, 2.05) is 37.4 Å². The first-order valence-electron chi connectivity index (χ1n) is 9.29. The number of fused-ring (bicyclic) bond motifs is 3. The van der Waals surface area contributed by atoms with Crippen LogP contribution in [-0.4, -0.2) is 37.5 Å². The van der Waals surface area contributed by atoms with Crippen LogP contribution in [0.15, 0.2) is 53.6 Å². The van der Waals surface area contributed by atoms with E-state index >= 15 is 0 Å². The summed E-state index contributed by atoms with van der Waals surface area (Å²) in [4.78, 5) is 2.49. The van der Waals surface area contributed by atoms with E-state index in [1.165, 1.54) is 3.97 Å². The summed E-state index contributed by atoms with van der Waals surface area (Å²) in [7, 11) is -1.60. The Morgan fingerprint density at radius 3 is 2.59 bits per heavy atom. The second-order valence-corrected chi connectivity index (χ2v) is 8.89. The van der Waals surface area contributed by atoms with Crippen molar-refractivity contribution in [3.8, 4) is 5.75 Å². The third-order valence-corrected chi connectivity index (χ3v) is 6.79. The molecule has 0 unspecified atom stereocenters. The zero-order valence-electron chi connectivity index (χ0n) is 15.7. The molecule has 2 heterocycles. The van der Waals surface area contributed by atoms with E-state index in [4.69, 9.17) is 4.74 Å². The minimum atomic E-state index is -3.64. The molecule has 3 aromatic rings. The predicted octanol–water partition coefficient (Wildman–Crippen LogP) is 3.66. The lowest BCUT2D eigenvalue weighted by molar-refractivity contribution is 0.259. The Hall–Kier alpha value is -2.31. The van der Waals surface area contributed by atoms with E-state index in [1.54, 1.807) is 18.3 Å². The van der Waals surface area contributed by atoms with Gasteiger partial charge in [0.2, 0.25) is 0 Å². The maximum absolute atomic E-state index is 13.2. The zero-order valence-corrected chi connectivity index (χ0v) is 16.5. The fourth-order valence-electron chi connectivity index (χ4n) is 3.63. The van der Waals surface area contributed by atoms with Crippen molar-refractivity contribution < 1.29 is 13.2 Å². The van der Waals surface area contributed by atoms with Crippen molar-refractivity contribution in [2.75, 3.05) is 20.2 Å². The van der Waals surface area contributed by atoms with Gasteiger partial charge in [-0.1, -0.05) is 25.5 Å². The van der Waals surface area contributed by atoms with Crippen molar-refractivity contribution in [2.24, 2.45) is 0 Å². The second kappa shape index (κ2) is 7.02. The molecule has 0 saturated carbocycles. The molecule has 0 fully saturated rings. The number of nitrogens with zero attached hydrogens (tertiary/aromatic N) is 2. The monoisotopic (exact) mass is 384 g/mol. The molecule has 6 heteroatoms. The second-order valence-electron chi connectivity index (χ2n) is 7.07. The van der Waals surface area contributed by atoms with Crippen LogP contribution >= 0.6 is 0 Å². The number of benzene rings is 2. The van der Waals surface area contributed by atoms with E-state index in [9.17, 15) is 8.42 Å². The average Bonchev–Trinajstić information content (AvgIpc) is 3.00. The van der Waals surface area contributed by atoms with Crippen molar-refractivity contribution in [3.05, 3.63) is 59.8 Å². The van der Waals surface area contributed by atoms with Gasteiger partial charge in [0.05, 0.1) is 10.4 Å². The lowest BCUT2D eigenvalue weighted by Crippen LogP contribution is -2.20. The molecule has 0 radical (unpaired) electrons. The van der Waals surface area contributed by atoms with Gasteiger partial charge in [-0.3, -0.25) is 4.90 Å². The van der Waals surface area contributed by atoms with E-state index in [0.717, 1.165) is 48.2 Å². The predicted molar refractivity (Wildman–Crippen MR) is 107 cm³/mol. The van der Waals surface area contributed by atoms with Gasteiger partial charge in [-0.15, -0.1) is 0 Å². The fraction of sp³-hybridized carbons (Fsp3) is 0.333.